The first-order valence-corrected chi connectivity index (χ1v) is 5.89. The van der Waals surface area contributed by atoms with Gasteiger partial charge in [0.2, 0.25) is 0 Å². The van der Waals surface area contributed by atoms with Gasteiger partial charge in [-0.3, -0.25) is 0 Å². The Bertz CT molecular complexity index is 236. The van der Waals surface area contributed by atoms with Crippen LogP contribution in [0.5, 0.6) is 0 Å². The molecule has 2 atom stereocenters. The molecule has 0 aromatic rings. The van der Waals surface area contributed by atoms with E-state index in [2.05, 4.69) is 13.5 Å². The average Bonchev–Trinajstić information content (AvgIpc) is 2.23. The molecular weight excluding hydrogens is 220 g/mol. The Labute approximate surface area is 104 Å². The van der Waals surface area contributed by atoms with Gasteiger partial charge in [-0.15, -0.1) is 0 Å². The number of aliphatic hydroxyl groups excluding tert-OH is 1. The van der Waals surface area contributed by atoms with Crippen molar-refractivity contribution in [2.24, 2.45) is 0 Å². The lowest BCUT2D eigenvalue weighted by Gasteiger charge is -2.12. The lowest BCUT2D eigenvalue weighted by molar-refractivity contribution is -0.139. The molecule has 0 aliphatic heterocycles. The molecule has 4 heteroatoms. The maximum atomic E-state index is 11.0. The van der Waals surface area contributed by atoms with Crippen LogP contribution in [0, 0.1) is 6.92 Å². The first-order valence-electron chi connectivity index (χ1n) is 5.89. The van der Waals surface area contributed by atoms with Crippen LogP contribution in [0.25, 0.3) is 0 Å². The minimum absolute atomic E-state index is 0.0567. The minimum atomic E-state index is -0.419. The number of hydrogen-bond acceptors (Lipinski definition) is 4. The summed E-state index contributed by atoms with van der Waals surface area (Å²) in [6.07, 6.45) is 1.34. The summed E-state index contributed by atoms with van der Waals surface area (Å²) in [5.74, 6) is -0.381. The maximum absolute atomic E-state index is 11.0. The summed E-state index contributed by atoms with van der Waals surface area (Å²) in [5, 5.41) is 9.58. The fourth-order valence-electron chi connectivity index (χ4n) is 1.16. The second-order valence-corrected chi connectivity index (χ2v) is 4.18. The van der Waals surface area contributed by atoms with Crippen LogP contribution < -0.4 is 0 Å². The minimum Gasteiger partial charge on any atom is -0.462 e. The predicted octanol–water partition coefficient (Wildman–Crippen LogP) is 1.88. The summed E-state index contributed by atoms with van der Waals surface area (Å²) < 4.78 is 10.1. The molecule has 0 fully saturated rings. The van der Waals surface area contributed by atoms with E-state index in [1.807, 2.05) is 6.92 Å². The van der Waals surface area contributed by atoms with E-state index < -0.39 is 6.10 Å². The summed E-state index contributed by atoms with van der Waals surface area (Å²) in [7, 11) is 0. The lowest BCUT2D eigenvalue weighted by atomic mass is 10.1. The van der Waals surface area contributed by atoms with E-state index in [-0.39, 0.29) is 12.1 Å². The van der Waals surface area contributed by atoms with E-state index in [4.69, 9.17) is 9.47 Å². The Morgan fingerprint density at radius 1 is 1.35 bits per heavy atom. The zero-order valence-corrected chi connectivity index (χ0v) is 10.8. The number of ether oxygens (including phenoxy) is 2. The molecule has 0 aromatic carbocycles. The quantitative estimate of drug-likeness (QED) is 0.381. The highest BCUT2D eigenvalue weighted by molar-refractivity contribution is 5.86. The molecule has 0 rings (SSSR count). The molecule has 0 amide bonds. The van der Waals surface area contributed by atoms with Crippen LogP contribution in [0.1, 0.15) is 33.1 Å². The first-order chi connectivity index (χ1) is 7.93. The number of aliphatic hydroxyl groups is 1. The summed E-state index contributed by atoms with van der Waals surface area (Å²) in [6, 6.07) is 0. The molecule has 4 nitrogen and oxygen atoms in total. The molecule has 2 unspecified atom stereocenters. The average molecular weight is 243 g/mol. The van der Waals surface area contributed by atoms with Crippen LogP contribution in [0.3, 0.4) is 0 Å². The third-order valence-corrected chi connectivity index (χ3v) is 2.12. The fourth-order valence-corrected chi connectivity index (χ4v) is 1.16. The standard InChI is InChI=1S/C13H23O4/c1-10(2)13(15)17-8-5-6-12(14)7-9-16-11(3)4/h11-12,14H,1,3,5-9H2,2,4H3. The summed E-state index contributed by atoms with van der Waals surface area (Å²) in [6.45, 7) is 11.4. The predicted molar refractivity (Wildman–Crippen MR) is 66.4 cm³/mol. The van der Waals surface area contributed by atoms with Crippen molar-refractivity contribution in [1.82, 2.24) is 0 Å². The lowest BCUT2D eigenvalue weighted by Crippen LogP contribution is -2.14. The Morgan fingerprint density at radius 2 is 2.00 bits per heavy atom. The topological polar surface area (TPSA) is 55.8 Å². The van der Waals surface area contributed by atoms with E-state index in [9.17, 15) is 9.90 Å². The molecule has 99 valence electrons. The van der Waals surface area contributed by atoms with Crippen LogP contribution in [-0.4, -0.2) is 36.5 Å². The molecule has 0 spiro atoms. The van der Waals surface area contributed by atoms with Crippen molar-refractivity contribution in [3.05, 3.63) is 19.1 Å². The van der Waals surface area contributed by atoms with Gasteiger partial charge in [0.25, 0.3) is 0 Å². The number of esters is 1. The van der Waals surface area contributed by atoms with Gasteiger partial charge in [0.1, 0.15) is 0 Å². The maximum Gasteiger partial charge on any atom is 0.333 e. The van der Waals surface area contributed by atoms with E-state index in [0.29, 0.717) is 38.0 Å². The summed E-state index contributed by atoms with van der Waals surface area (Å²) in [4.78, 5) is 11.0. The molecule has 0 saturated heterocycles. The highest BCUT2D eigenvalue weighted by Crippen LogP contribution is 2.04. The number of carbonyl (C=O) groups is 1. The fraction of sp³-hybridized carbons (Fsp3) is 0.692. The Kier molecular flexibility index (Phi) is 8.72. The van der Waals surface area contributed by atoms with Gasteiger partial charge < -0.3 is 14.6 Å². The van der Waals surface area contributed by atoms with Crippen molar-refractivity contribution in [1.29, 1.82) is 0 Å². The third kappa shape index (κ3) is 10.0. The van der Waals surface area contributed by atoms with Gasteiger partial charge in [0.15, 0.2) is 0 Å². The van der Waals surface area contributed by atoms with Gasteiger partial charge in [-0.1, -0.05) is 6.58 Å². The smallest absolute Gasteiger partial charge is 0.333 e. The normalized spacial score (nSPS) is 12.5. The number of rotatable bonds is 9. The number of hydrogen-bond donors (Lipinski definition) is 1. The van der Waals surface area contributed by atoms with E-state index in [0.717, 1.165) is 0 Å². The molecule has 0 heterocycles. The van der Waals surface area contributed by atoms with Gasteiger partial charge in [0, 0.05) is 12.2 Å². The zero-order chi connectivity index (χ0) is 13.3. The van der Waals surface area contributed by atoms with Crippen molar-refractivity contribution in [3.63, 3.8) is 0 Å². The third-order valence-electron chi connectivity index (χ3n) is 2.12. The van der Waals surface area contributed by atoms with Gasteiger partial charge in [0.05, 0.1) is 18.8 Å². The van der Waals surface area contributed by atoms with E-state index in [1.54, 1.807) is 6.92 Å². The molecular formula is C13H23O4. The first kappa shape index (κ1) is 16.1. The Balaban J connectivity index is 3.42. The van der Waals surface area contributed by atoms with Gasteiger partial charge >= 0.3 is 5.97 Å². The molecule has 0 aliphatic rings. The van der Waals surface area contributed by atoms with Crippen LogP contribution in [-0.2, 0) is 14.3 Å². The molecule has 1 radical (unpaired) electrons. The summed E-state index contributed by atoms with van der Waals surface area (Å²) >= 11 is 0. The molecule has 17 heavy (non-hydrogen) atoms. The van der Waals surface area contributed by atoms with Crippen molar-refractivity contribution < 1.29 is 19.4 Å². The highest BCUT2D eigenvalue weighted by Gasteiger charge is 2.06. The Hall–Kier alpha value is -0.870. The van der Waals surface area contributed by atoms with Gasteiger partial charge in [-0.2, -0.15) is 0 Å². The van der Waals surface area contributed by atoms with E-state index >= 15 is 0 Å². The van der Waals surface area contributed by atoms with Crippen molar-refractivity contribution in [2.75, 3.05) is 13.2 Å². The Morgan fingerprint density at radius 3 is 2.53 bits per heavy atom. The van der Waals surface area contributed by atoms with Gasteiger partial charge in [-0.05, 0) is 40.0 Å². The molecule has 1 N–H and O–H groups in total. The zero-order valence-electron chi connectivity index (χ0n) is 10.8. The molecule has 0 bridgehead atoms. The number of carbonyl (C=O) groups excluding carboxylic acids is 1. The highest BCUT2D eigenvalue weighted by atomic mass is 16.5. The van der Waals surface area contributed by atoms with Gasteiger partial charge in [-0.25, -0.2) is 4.79 Å². The van der Waals surface area contributed by atoms with Crippen molar-refractivity contribution in [3.8, 4) is 0 Å². The second-order valence-electron chi connectivity index (χ2n) is 4.18. The monoisotopic (exact) mass is 243 g/mol. The second kappa shape index (κ2) is 9.19. The largest absolute Gasteiger partial charge is 0.462 e. The van der Waals surface area contributed by atoms with E-state index in [1.165, 1.54) is 0 Å². The summed E-state index contributed by atoms with van der Waals surface area (Å²) in [5.41, 5.74) is 0.392. The van der Waals surface area contributed by atoms with Crippen molar-refractivity contribution >= 4 is 5.97 Å². The van der Waals surface area contributed by atoms with Crippen LogP contribution >= 0.6 is 0 Å². The molecule has 0 aromatic heterocycles. The molecule has 0 aliphatic carbocycles. The molecule has 0 saturated carbocycles. The van der Waals surface area contributed by atoms with Crippen LogP contribution in [0.4, 0.5) is 0 Å². The SMILES string of the molecule is [CH2]C(C)OCCC(O)CCCOC(=O)C(=C)C. The van der Waals surface area contributed by atoms with Crippen LogP contribution in [0.15, 0.2) is 12.2 Å². The van der Waals surface area contributed by atoms with Crippen molar-refractivity contribution in [2.45, 2.75) is 45.3 Å². The van der Waals surface area contributed by atoms with Crippen LogP contribution in [0.2, 0.25) is 0 Å².